The number of aromatic nitrogens is 2. The van der Waals surface area contributed by atoms with Crippen molar-refractivity contribution in [1.82, 2.24) is 9.97 Å². The Bertz CT molecular complexity index is 857. The maximum absolute atomic E-state index is 9.69. The van der Waals surface area contributed by atoms with E-state index < -0.39 is 0 Å². The van der Waals surface area contributed by atoms with Crippen molar-refractivity contribution >= 4 is 17.2 Å². The molecule has 27 heavy (non-hydrogen) atoms. The van der Waals surface area contributed by atoms with Crippen LogP contribution < -0.4 is 15.4 Å². The number of aliphatic hydroxyl groups is 1. The summed E-state index contributed by atoms with van der Waals surface area (Å²) in [5.41, 5.74) is 7.94. The van der Waals surface area contributed by atoms with Crippen molar-refractivity contribution in [2.45, 2.75) is 44.3 Å². The van der Waals surface area contributed by atoms with Crippen LogP contribution >= 0.6 is 0 Å². The van der Waals surface area contributed by atoms with Crippen LogP contribution in [0.4, 0.5) is 11.5 Å². The van der Waals surface area contributed by atoms with Crippen molar-refractivity contribution in [3.05, 3.63) is 41.9 Å². The number of nitrogens with zero attached hydrogens (tertiary/aromatic N) is 3. The molecule has 1 aliphatic carbocycles. The number of rotatable bonds is 5. The van der Waals surface area contributed by atoms with E-state index in [9.17, 15) is 5.11 Å². The number of benzene rings is 1. The van der Waals surface area contributed by atoms with Crippen molar-refractivity contribution in [3.63, 3.8) is 0 Å². The van der Waals surface area contributed by atoms with Gasteiger partial charge in [-0.25, -0.2) is 9.97 Å². The molecule has 0 radical (unpaired) electrons. The van der Waals surface area contributed by atoms with Crippen LogP contribution in [0.2, 0.25) is 0 Å². The van der Waals surface area contributed by atoms with Crippen LogP contribution in [0.5, 0.6) is 5.75 Å². The zero-order valence-electron chi connectivity index (χ0n) is 15.5. The van der Waals surface area contributed by atoms with Crippen LogP contribution in [-0.2, 0) is 0 Å². The highest BCUT2D eigenvalue weighted by molar-refractivity contribution is 6.13. The highest BCUT2D eigenvalue weighted by atomic mass is 16.5. The van der Waals surface area contributed by atoms with Gasteiger partial charge in [0, 0.05) is 30.4 Å². The monoisotopic (exact) mass is 367 g/mol. The van der Waals surface area contributed by atoms with Gasteiger partial charge in [-0.15, -0.1) is 0 Å². The van der Waals surface area contributed by atoms with Crippen molar-refractivity contribution in [3.8, 4) is 5.75 Å². The second-order valence-electron chi connectivity index (χ2n) is 7.66. The summed E-state index contributed by atoms with van der Waals surface area (Å²) in [5, 5.41) is 18.3. The third-order valence-corrected chi connectivity index (χ3v) is 5.31. The molecule has 142 valence electrons. The Morgan fingerprint density at radius 1 is 1.26 bits per heavy atom. The van der Waals surface area contributed by atoms with Crippen LogP contribution in [0.15, 0.2) is 30.6 Å². The number of nitrogen functional groups attached to an aromatic ring is 1. The van der Waals surface area contributed by atoms with E-state index in [-0.39, 0.29) is 17.4 Å². The van der Waals surface area contributed by atoms with Crippen molar-refractivity contribution in [2.75, 3.05) is 23.7 Å². The first-order valence-corrected chi connectivity index (χ1v) is 9.36. The quantitative estimate of drug-likeness (QED) is 0.553. The molecule has 1 aliphatic heterocycles. The second-order valence-corrected chi connectivity index (χ2v) is 7.66. The van der Waals surface area contributed by atoms with Crippen LogP contribution in [0.1, 0.15) is 43.9 Å². The molecule has 1 saturated heterocycles. The fraction of sp³-hybridized carbons (Fsp3) is 0.450. The van der Waals surface area contributed by atoms with E-state index in [2.05, 4.69) is 21.8 Å². The lowest BCUT2D eigenvalue weighted by Gasteiger charge is -2.30. The second kappa shape index (κ2) is 6.81. The molecule has 7 nitrogen and oxygen atoms in total. The van der Waals surface area contributed by atoms with Crippen LogP contribution in [0.3, 0.4) is 0 Å². The van der Waals surface area contributed by atoms with E-state index in [1.165, 1.54) is 6.33 Å². The first-order valence-electron chi connectivity index (χ1n) is 9.36. The Hall–Kier alpha value is -2.67. The van der Waals surface area contributed by atoms with Gasteiger partial charge in [0.05, 0.1) is 17.5 Å². The first-order chi connectivity index (χ1) is 12.9. The SMILES string of the molecule is CC1(Oc2ccc(N)c(C(=N)c3cc(N4CCC(O)CC4)ncn3)c2)CC1. The van der Waals surface area contributed by atoms with E-state index in [1.54, 1.807) is 6.07 Å². The Kier molecular flexibility index (Phi) is 4.47. The van der Waals surface area contributed by atoms with Gasteiger partial charge in [0.25, 0.3) is 0 Å². The normalized spacial score (nSPS) is 19.0. The molecule has 0 bridgehead atoms. The van der Waals surface area contributed by atoms with E-state index in [4.69, 9.17) is 15.9 Å². The van der Waals surface area contributed by atoms with Crippen molar-refractivity contribution in [1.29, 1.82) is 5.41 Å². The molecule has 2 aliphatic rings. The molecule has 0 unspecified atom stereocenters. The molecule has 2 aromatic rings. The third-order valence-electron chi connectivity index (χ3n) is 5.31. The van der Waals surface area contributed by atoms with Crippen LogP contribution in [0.25, 0.3) is 0 Å². The third kappa shape index (κ3) is 3.88. The Morgan fingerprint density at radius 2 is 2.00 bits per heavy atom. The number of ether oxygens (including phenoxy) is 1. The Labute approximate surface area is 158 Å². The average molecular weight is 367 g/mol. The Morgan fingerprint density at radius 3 is 2.70 bits per heavy atom. The lowest BCUT2D eigenvalue weighted by molar-refractivity contribution is 0.145. The number of piperidine rings is 1. The minimum atomic E-state index is -0.239. The fourth-order valence-electron chi connectivity index (χ4n) is 3.27. The van der Waals surface area contributed by atoms with Gasteiger partial charge in [0.15, 0.2) is 0 Å². The number of hydrogen-bond acceptors (Lipinski definition) is 7. The van der Waals surface area contributed by atoms with E-state index in [1.807, 2.05) is 18.2 Å². The highest BCUT2D eigenvalue weighted by Gasteiger charge is 2.40. The molecule has 1 saturated carbocycles. The highest BCUT2D eigenvalue weighted by Crippen LogP contribution is 2.40. The van der Waals surface area contributed by atoms with Crippen LogP contribution in [-0.4, -0.2) is 45.6 Å². The molecule has 2 heterocycles. The van der Waals surface area contributed by atoms with E-state index >= 15 is 0 Å². The molecule has 1 aromatic heterocycles. The molecule has 4 N–H and O–H groups in total. The molecule has 0 spiro atoms. The lowest BCUT2D eigenvalue weighted by atomic mass is 10.0. The maximum Gasteiger partial charge on any atom is 0.132 e. The predicted molar refractivity (Wildman–Crippen MR) is 105 cm³/mol. The van der Waals surface area contributed by atoms with E-state index in [0.29, 0.717) is 16.9 Å². The summed E-state index contributed by atoms with van der Waals surface area (Å²) in [6.45, 7) is 3.57. The summed E-state index contributed by atoms with van der Waals surface area (Å²) in [6, 6.07) is 7.26. The summed E-state index contributed by atoms with van der Waals surface area (Å²) in [7, 11) is 0. The van der Waals surface area contributed by atoms with Gasteiger partial charge in [-0.3, -0.25) is 5.41 Å². The minimum Gasteiger partial charge on any atom is -0.488 e. The number of aliphatic hydroxyl groups excluding tert-OH is 1. The number of nitrogens with one attached hydrogen (secondary N) is 1. The summed E-state index contributed by atoms with van der Waals surface area (Å²) in [6.07, 6.45) is 4.78. The first kappa shape index (κ1) is 17.7. The molecule has 2 fully saturated rings. The van der Waals surface area contributed by atoms with Crippen LogP contribution in [0, 0.1) is 5.41 Å². The Balaban J connectivity index is 1.57. The number of hydrogen-bond donors (Lipinski definition) is 3. The molecular formula is C20H25N5O2. The molecule has 7 heteroatoms. The van der Waals surface area contributed by atoms with Gasteiger partial charge in [-0.2, -0.15) is 0 Å². The zero-order valence-corrected chi connectivity index (χ0v) is 15.5. The minimum absolute atomic E-state index is 0.0868. The molecule has 1 aromatic carbocycles. The number of nitrogens with two attached hydrogens (primary N) is 1. The van der Waals surface area contributed by atoms with Gasteiger partial charge in [-0.1, -0.05) is 0 Å². The van der Waals surface area contributed by atoms with Gasteiger partial charge in [0.1, 0.15) is 23.5 Å². The molecule has 0 atom stereocenters. The fourth-order valence-corrected chi connectivity index (χ4v) is 3.27. The van der Waals surface area contributed by atoms with Crippen molar-refractivity contribution in [2.24, 2.45) is 0 Å². The number of anilines is 2. The lowest BCUT2D eigenvalue weighted by Crippen LogP contribution is -2.36. The predicted octanol–water partition coefficient (Wildman–Crippen LogP) is 2.37. The van der Waals surface area contributed by atoms with Gasteiger partial charge >= 0.3 is 0 Å². The molecular weight excluding hydrogens is 342 g/mol. The summed E-state index contributed by atoms with van der Waals surface area (Å²) in [4.78, 5) is 10.7. The van der Waals surface area contributed by atoms with Gasteiger partial charge in [-0.05, 0) is 50.8 Å². The van der Waals surface area contributed by atoms with Gasteiger partial charge < -0.3 is 20.5 Å². The standard InChI is InChI=1S/C20H25N5O2/c1-20(6-7-20)27-14-2-3-16(21)15(10-14)19(22)17-11-18(24-12-23-17)25-8-4-13(26)5-9-25/h2-3,10-13,22,26H,4-9,21H2,1H3. The molecule has 0 amide bonds. The topological polar surface area (TPSA) is 108 Å². The summed E-state index contributed by atoms with van der Waals surface area (Å²) < 4.78 is 6.01. The van der Waals surface area contributed by atoms with Crippen molar-refractivity contribution < 1.29 is 9.84 Å². The summed E-state index contributed by atoms with van der Waals surface area (Å²) in [5.74, 6) is 1.50. The van der Waals surface area contributed by atoms with Gasteiger partial charge in [0.2, 0.25) is 0 Å². The molecule has 4 rings (SSSR count). The summed E-state index contributed by atoms with van der Waals surface area (Å²) >= 11 is 0. The average Bonchev–Trinajstić information content (AvgIpc) is 3.40. The maximum atomic E-state index is 9.69. The largest absolute Gasteiger partial charge is 0.488 e. The van der Waals surface area contributed by atoms with E-state index in [0.717, 1.165) is 50.3 Å². The zero-order chi connectivity index (χ0) is 19.0. The smallest absolute Gasteiger partial charge is 0.132 e.